The lowest BCUT2D eigenvalue weighted by molar-refractivity contribution is 0.280. The quantitative estimate of drug-likeness (QED) is 0.880. The summed E-state index contributed by atoms with van der Waals surface area (Å²) in [6, 6.07) is 2.95. The molecule has 0 spiro atoms. The van der Waals surface area contributed by atoms with Crippen molar-refractivity contribution in [2.45, 2.75) is 45.2 Å². The van der Waals surface area contributed by atoms with E-state index in [0.29, 0.717) is 0 Å². The van der Waals surface area contributed by atoms with Gasteiger partial charge in [0.05, 0.1) is 0 Å². The van der Waals surface area contributed by atoms with Crippen LogP contribution < -0.4 is 5.32 Å². The molecule has 1 aromatic heterocycles. The predicted molar refractivity (Wildman–Crippen MR) is 70.3 cm³/mol. The fourth-order valence-corrected chi connectivity index (χ4v) is 3.70. The summed E-state index contributed by atoms with van der Waals surface area (Å²) in [6.45, 7) is 3.41. The summed E-state index contributed by atoms with van der Waals surface area (Å²) in [4.78, 5) is 1.43. The van der Waals surface area contributed by atoms with Crippen molar-refractivity contribution < 1.29 is 0 Å². The van der Waals surface area contributed by atoms with Crippen LogP contribution in [0.15, 0.2) is 15.9 Å². The Kier molecular flexibility index (Phi) is 4.23. The van der Waals surface area contributed by atoms with E-state index in [1.807, 2.05) is 11.3 Å². The van der Waals surface area contributed by atoms with E-state index in [1.165, 1.54) is 35.0 Å². The Labute approximate surface area is 104 Å². The lowest BCUT2D eigenvalue weighted by Gasteiger charge is -2.29. The molecule has 1 aliphatic rings. The van der Waals surface area contributed by atoms with Gasteiger partial charge in [-0.2, -0.15) is 0 Å². The molecule has 0 saturated heterocycles. The number of thiophene rings is 1. The molecule has 15 heavy (non-hydrogen) atoms. The first-order valence-corrected chi connectivity index (χ1v) is 7.39. The van der Waals surface area contributed by atoms with Crippen molar-refractivity contribution in [1.82, 2.24) is 5.32 Å². The third-order valence-electron chi connectivity index (χ3n) is 3.27. The normalized spacial score (nSPS) is 26.8. The Balaban J connectivity index is 1.81. The maximum absolute atomic E-state index is 3.69. The minimum absolute atomic E-state index is 0.736. The van der Waals surface area contributed by atoms with Gasteiger partial charge in [0.15, 0.2) is 0 Å². The van der Waals surface area contributed by atoms with E-state index in [2.05, 4.69) is 39.6 Å². The van der Waals surface area contributed by atoms with Crippen LogP contribution in [0.1, 0.15) is 37.5 Å². The lowest BCUT2D eigenvalue weighted by atomic mass is 9.86. The predicted octanol–water partition coefficient (Wildman–Crippen LogP) is 4.18. The summed E-state index contributed by atoms with van der Waals surface area (Å²) < 4.78 is 1.21. The summed E-state index contributed by atoms with van der Waals surface area (Å²) in [5, 5.41) is 5.84. The molecular formula is C12H18BrNS. The summed E-state index contributed by atoms with van der Waals surface area (Å²) >= 11 is 5.32. The van der Waals surface area contributed by atoms with E-state index in [4.69, 9.17) is 0 Å². The smallest absolute Gasteiger partial charge is 0.0302 e. The molecule has 1 N–H and O–H groups in total. The first-order chi connectivity index (χ1) is 7.25. The van der Waals surface area contributed by atoms with Gasteiger partial charge in [-0.05, 0) is 40.8 Å². The molecule has 1 aliphatic carbocycles. The monoisotopic (exact) mass is 287 g/mol. The van der Waals surface area contributed by atoms with Crippen molar-refractivity contribution >= 4 is 27.3 Å². The van der Waals surface area contributed by atoms with Crippen molar-refractivity contribution in [1.29, 1.82) is 0 Å². The Morgan fingerprint density at radius 2 is 2.27 bits per heavy atom. The van der Waals surface area contributed by atoms with E-state index in [0.717, 1.165) is 18.5 Å². The van der Waals surface area contributed by atoms with Gasteiger partial charge >= 0.3 is 0 Å². The molecule has 0 aromatic carbocycles. The number of rotatable bonds is 3. The summed E-state index contributed by atoms with van der Waals surface area (Å²) in [7, 11) is 0. The van der Waals surface area contributed by atoms with E-state index < -0.39 is 0 Å². The highest BCUT2D eigenvalue weighted by molar-refractivity contribution is 9.10. The number of nitrogens with one attached hydrogen (secondary N) is 1. The zero-order chi connectivity index (χ0) is 10.7. The molecule has 0 bridgehead atoms. The zero-order valence-corrected chi connectivity index (χ0v) is 11.5. The second-order valence-electron chi connectivity index (χ2n) is 4.48. The number of halogens is 1. The molecule has 1 fully saturated rings. The highest BCUT2D eigenvalue weighted by Crippen LogP contribution is 2.25. The second-order valence-corrected chi connectivity index (χ2v) is 6.39. The van der Waals surface area contributed by atoms with Crippen molar-refractivity contribution in [3.63, 3.8) is 0 Å². The SMILES string of the molecule is C[C@H]1CCCC[C@H]1NCc1cc(Br)cs1. The average Bonchev–Trinajstić information content (AvgIpc) is 2.63. The lowest BCUT2D eigenvalue weighted by Crippen LogP contribution is -2.36. The molecule has 84 valence electrons. The van der Waals surface area contributed by atoms with Gasteiger partial charge in [0, 0.05) is 27.3 Å². The van der Waals surface area contributed by atoms with Gasteiger partial charge in [-0.15, -0.1) is 11.3 Å². The molecule has 2 atom stereocenters. The van der Waals surface area contributed by atoms with E-state index >= 15 is 0 Å². The van der Waals surface area contributed by atoms with Crippen LogP contribution in [0.2, 0.25) is 0 Å². The molecule has 3 heteroatoms. The molecule has 1 heterocycles. The van der Waals surface area contributed by atoms with Crippen molar-refractivity contribution in [2.24, 2.45) is 5.92 Å². The molecule has 1 saturated carbocycles. The van der Waals surface area contributed by atoms with Crippen LogP contribution in [-0.4, -0.2) is 6.04 Å². The third-order valence-corrected chi connectivity index (χ3v) is 4.97. The Hall–Kier alpha value is 0.140. The van der Waals surface area contributed by atoms with Gasteiger partial charge in [0.1, 0.15) is 0 Å². The van der Waals surface area contributed by atoms with E-state index in [1.54, 1.807) is 0 Å². The van der Waals surface area contributed by atoms with Gasteiger partial charge in [-0.3, -0.25) is 0 Å². The fraction of sp³-hybridized carbons (Fsp3) is 0.667. The van der Waals surface area contributed by atoms with Crippen LogP contribution in [0.4, 0.5) is 0 Å². The first kappa shape index (κ1) is 11.6. The Morgan fingerprint density at radius 1 is 1.47 bits per heavy atom. The highest BCUT2D eigenvalue weighted by Gasteiger charge is 2.20. The van der Waals surface area contributed by atoms with Crippen LogP contribution >= 0.6 is 27.3 Å². The van der Waals surface area contributed by atoms with Crippen LogP contribution in [0.3, 0.4) is 0 Å². The summed E-state index contributed by atoms with van der Waals surface area (Å²) in [6.07, 6.45) is 5.57. The summed E-state index contributed by atoms with van der Waals surface area (Å²) in [5.41, 5.74) is 0. The third kappa shape index (κ3) is 3.30. The number of hydrogen-bond acceptors (Lipinski definition) is 2. The topological polar surface area (TPSA) is 12.0 Å². The number of hydrogen-bond donors (Lipinski definition) is 1. The maximum Gasteiger partial charge on any atom is 0.0302 e. The largest absolute Gasteiger partial charge is 0.309 e. The Morgan fingerprint density at radius 3 is 2.93 bits per heavy atom. The van der Waals surface area contributed by atoms with Gasteiger partial charge in [0.2, 0.25) is 0 Å². The van der Waals surface area contributed by atoms with Crippen LogP contribution in [0, 0.1) is 5.92 Å². The van der Waals surface area contributed by atoms with Gasteiger partial charge in [0.25, 0.3) is 0 Å². The first-order valence-electron chi connectivity index (χ1n) is 5.72. The molecule has 2 rings (SSSR count). The zero-order valence-electron chi connectivity index (χ0n) is 9.13. The van der Waals surface area contributed by atoms with Crippen molar-refractivity contribution in [3.8, 4) is 0 Å². The van der Waals surface area contributed by atoms with Crippen molar-refractivity contribution in [2.75, 3.05) is 0 Å². The van der Waals surface area contributed by atoms with Gasteiger partial charge in [-0.1, -0.05) is 19.8 Å². The van der Waals surface area contributed by atoms with Crippen LogP contribution in [0.5, 0.6) is 0 Å². The van der Waals surface area contributed by atoms with Gasteiger partial charge < -0.3 is 5.32 Å². The highest BCUT2D eigenvalue weighted by atomic mass is 79.9. The van der Waals surface area contributed by atoms with Crippen molar-refractivity contribution in [3.05, 3.63) is 20.8 Å². The minimum atomic E-state index is 0.736. The summed E-state index contributed by atoms with van der Waals surface area (Å²) in [5.74, 6) is 0.849. The van der Waals surface area contributed by atoms with E-state index in [9.17, 15) is 0 Å². The average molecular weight is 288 g/mol. The maximum atomic E-state index is 3.69. The molecular weight excluding hydrogens is 270 g/mol. The molecule has 0 amide bonds. The van der Waals surface area contributed by atoms with Gasteiger partial charge in [-0.25, -0.2) is 0 Å². The van der Waals surface area contributed by atoms with Crippen LogP contribution in [0.25, 0.3) is 0 Å². The fourth-order valence-electron chi connectivity index (χ4n) is 2.30. The Bertz CT molecular complexity index is 310. The van der Waals surface area contributed by atoms with E-state index in [-0.39, 0.29) is 0 Å². The molecule has 1 nitrogen and oxygen atoms in total. The second kappa shape index (κ2) is 5.46. The molecule has 0 aliphatic heterocycles. The minimum Gasteiger partial charge on any atom is -0.309 e. The molecule has 1 aromatic rings. The molecule has 0 radical (unpaired) electrons. The standard InChI is InChI=1S/C12H18BrNS/c1-9-4-2-3-5-12(9)14-7-11-6-10(13)8-15-11/h6,8-9,12,14H,2-5,7H2,1H3/t9-,12+/m0/s1. The van der Waals surface area contributed by atoms with Crippen LogP contribution in [-0.2, 0) is 6.54 Å². The molecule has 0 unspecified atom stereocenters.